The van der Waals surface area contributed by atoms with Crippen LogP contribution >= 0.6 is 0 Å². The zero-order valence-electron chi connectivity index (χ0n) is 10.2. The Hall–Kier alpha value is -1.79. The number of nitrogen functional groups attached to an aromatic ring is 1. The van der Waals surface area contributed by atoms with Crippen LogP contribution in [0.3, 0.4) is 0 Å². The second-order valence-electron chi connectivity index (χ2n) is 3.77. The predicted molar refractivity (Wildman–Crippen MR) is 67.4 cm³/mol. The second-order valence-corrected chi connectivity index (χ2v) is 3.77. The number of hydrogen-bond donors (Lipinski definition) is 4. The Morgan fingerprint density at radius 3 is 2.83 bits per heavy atom. The van der Waals surface area contributed by atoms with Crippen molar-refractivity contribution in [2.45, 2.75) is 13.0 Å². The summed E-state index contributed by atoms with van der Waals surface area (Å²) < 4.78 is 5.27. The first-order valence-electron chi connectivity index (χ1n) is 5.67. The van der Waals surface area contributed by atoms with Crippen molar-refractivity contribution in [1.82, 2.24) is 5.32 Å². The topological polar surface area (TPSA) is 105 Å². The smallest absolute Gasteiger partial charge is 0.251 e. The number of rotatable bonds is 6. The molecular formula is C12H18N2O4. The molecule has 18 heavy (non-hydrogen) atoms. The van der Waals surface area contributed by atoms with Gasteiger partial charge in [0.2, 0.25) is 0 Å². The highest BCUT2D eigenvalue weighted by molar-refractivity contribution is 5.95. The maximum atomic E-state index is 11.8. The van der Waals surface area contributed by atoms with Gasteiger partial charge in [-0.25, -0.2) is 0 Å². The number of aliphatic hydroxyl groups is 2. The lowest BCUT2D eigenvalue weighted by Crippen LogP contribution is -2.33. The first-order valence-corrected chi connectivity index (χ1v) is 5.67. The van der Waals surface area contributed by atoms with Gasteiger partial charge in [-0.15, -0.1) is 0 Å². The molecule has 1 unspecified atom stereocenters. The van der Waals surface area contributed by atoms with Crippen LogP contribution in [0.2, 0.25) is 0 Å². The number of nitrogens with two attached hydrogens (primary N) is 1. The average molecular weight is 254 g/mol. The van der Waals surface area contributed by atoms with Crippen LogP contribution in [-0.4, -0.2) is 42.0 Å². The number of nitrogens with one attached hydrogen (secondary N) is 1. The van der Waals surface area contributed by atoms with E-state index in [1.54, 1.807) is 12.1 Å². The fraction of sp³-hybridized carbons (Fsp3) is 0.417. The molecule has 1 aromatic carbocycles. The van der Waals surface area contributed by atoms with Crippen molar-refractivity contribution in [3.05, 3.63) is 23.8 Å². The number of benzene rings is 1. The van der Waals surface area contributed by atoms with E-state index >= 15 is 0 Å². The van der Waals surface area contributed by atoms with E-state index in [1.807, 2.05) is 6.92 Å². The van der Waals surface area contributed by atoms with Gasteiger partial charge in [0.05, 0.1) is 19.3 Å². The molecule has 5 N–H and O–H groups in total. The van der Waals surface area contributed by atoms with Crippen molar-refractivity contribution in [1.29, 1.82) is 0 Å². The third-order valence-corrected chi connectivity index (χ3v) is 2.21. The zero-order chi connectivity index (χ0) is 13.5. The van der Waals surface area contributed by atoms with E-state index in [0.717, 1.165) is 0 Å². The quantitative estimate of drug-likeness (QED) is 0.524. The van der Waals surface area contributed by atoms with E-state index in [4.69, 9.17) is 20.7 Å². The van der Waals surface area contributed by atoms with Crippen molar-refractivity contribution in [2.75, 3.05) is 25.5 Å². The van der Waals surface area contributed by atoms with Crippen LogP contribution in [0, 0.1) is 0 Å². The standard InChI is InChI=1S/C12H18N2O4/c1-2-18-11-4-8(3-9(13)5-11)12(17)14-6-10(16)7-15/h3-5,10,15-16H,2,6-7,13H2,1H3,(H,14,17). The summed E-state index contributed by atoms with van der Waals surface area (Å²) in [5.41, 5.74) is 6.44. The maximum Gasteiger partial charge on any atom is 0.251 e. The largest absolute Gasteiger partial charge is 0.494 e. The lowest BCUT2D eigenvalue weighted by molar-refractivity contribution is 0.0801. The van der Waals surface area contributed by atoms with E-state index in [2.05, 4.69) is 5.32 Å². The van der Waals surface area contributed by atoms with Crippen LogP contribution < -0.4 is 15.8 Å². The van der Waals surface area contributed by atoms with E-state index in [9.17, 15) is 4.79 Å². The van der Waals surface area contributed by atoms with Gasteiger partial charge in [-0.05, 0) is 19.1 Å². The van der Waals surface area contributed by atoms with Gasteiger partial charge in [0.15, 0.2) is 0 Å². The van der Waals surface area contributed by atoms with Crippen LogP contribution in [0.15, 0.2) is 18.2 Å². The molecule has 0 radical (unpaired) electrons. The fourth-order valence-electron chi connectivity index (χ4n) is 1.38. The van der Waals surface area contributed by atoms with Crippen LogP contribution in [0.25, 0.3) is 0 Å². The van der Waals surface area contributed by atoms with Crippen molar-refractivity contribution >= 4 is 11.6 Å². The van der Waals surface area contributed by atoms with Crippen molar-refractivity contribution in [3.8, 4) is 5.75 Å². The summed E-state index contributed by atoms with van der Waals surface area (Å²) in [5.74, 6) is 0.140. The van der Waals surface area contributed by atoms with Gasteiger partial charge in [-0.1, -0.05) is 0 Å². The Morgan fingerprint density at radius 2 is 2.22 bits per heavy atom. The second kappa shape index (κ2) is 6.83. The number of hydrogen-bond acceptors (Lipinski definition) is 5. The van der Waals surface area contributed by atoms with Crippen LogP contribution in [0.1, 0.15) is 17.3 Å². The zero-order valence-corrected chi connectivity index (χ0v) is 10.2. The first-order chi connectivity index (χ1) is 8.56. The number of anilines is 1. The predicted octanol–water partition coefficient (Wildman–Crippen LogP) is -0.250. The van der Waals surface area contributed by atoms with Crippen molar-refractivity contribution < 1.29 is 19.7 Å². The molecule has 0 saturated heterocycles. The molecule has 6 heteroatoms. The SMILES string of the molecule is CCOc1cc(N)cc(C(=O)NCC(O)CO)c1. The lowest BCUT2D eigenvalue weighted by atomic mass is 10.1. The normalized spacial score (nSPS) is 11.9. The summed E-state index contributed by atoms with van der Waals surface area (Å²) in [5, 5.41) is 20.3. The third kappa shape index (κ3) is 4.23. The molecule has 0 aliphatic rings. The number of carbonyl (C=O) groups is 1. The molecule has 0 saturated carbocycles. The molecule has 1 atom stereocenters. The van der Waals surface area contributed by atoms with Gasteiger partial charge in [0.1, 0.15) is 5.75 Å². The summed E-state index contributed by atoms with van der Waals surface area (Å²) >= 11 is 0. The molecule has 0 aromatic heterocycles. The maximum absolute atomic E-state index is 11.8. The molecule has 100 valence electrons. The molecule has 0 bridgehead atoms. The van der Waals surface area contributed by atoms with E-state index < -0.39 is 12.7 Å². The highest BCUT2D eigenvalue weighted by Gasteiger charge is 2.10. The Morgan fingerprint density at radius 1 is 1.50 bits per heavy atom. The van der Waals surface area contributed by atoms with Crippen molar-refractivity contribution in [2.24, 2.45) is 0 Å². The van der Waals surface area contributed by atoms with Gasteiger partial charge >= 0.3 is 0 Å². The summed E-state index contributed by atoms with van der Waals surface area (Å²) in [6.45, 7) is 1.89. The minimum Gasteiger partial charge on any atom is -0.494 e. The van der Waals surface area contributed by atoms with E-state index in [0.29, 0.717) is 23.6 Å². The third-order valence-electron chi connectivity index (χ3n) is 2.21. The van der Waals surface area contributed by atoms with Gasteiger partial charge < -0.3 is 26.0 Å². The van der Waals surface area contributed by atoms with Gasteiger partial charge in [-0.2, -0.15) is 0 Å². The van der Waals surface area contributed by atoms with Gasteiger partial charge in [0.25, 0.3) is 5.91 Å². The molecule has 1 amide bonds. The number of amides is 1. The van der Waals surface area contributed by atoms with Gasteiger partial charge in [0, 0.05) is 23.9 Å². The van der Waals surface area contributed by atoms with Crippen LogP contribution in [0.4, 0.5) is 5.69 Å². The summed E-state index contributed by atoms with van der Waals surface area (Å²) in [6.07, 6.45) is -0.971. The molecule has 6 nitrogen and oxygen atoms in total. The van der Waals surface area contributed by atoms with Crippen LogP contribution in [-0.2, 0) is 0 Å². The number of ether oxygens (including phenoxy) is 1. The Balaban J connectivity index is 2.72. The number of carbonyl (C=O) groups excluding carboxylic acids is 1. The van der Waals surface area contributed by atoms with E-state index in [-0.39, 0.29) is 12.5 Å². The Kier molecular flexibility index (Phi) is 5.41. The fourth-order valence-corrected chi connectivity index (χ4v) is 1.38. The molecule has 0 spiro atoms. The Bertz CT molecular complexity index is 409. The van der Waals surface area contributed by atoms with E-state index in [1.165, 1.54) is 6.07 Å². The molecular weight excluding hydrogens is 236 g/mol. The summed E-state index contributed by atoms with van der Waals surface area (Å²) in [6, 6.07) is 4.71. The highest BCUT2D eigenvalue weighted by Crippen LogP contribution is 2.18. The highest BCUT2D eigenvalue weighted by atomic mass is 16.5. The molecule has 0 aliphatic heterocycles. The summed E-state index contributed by atoms with van der Waals surface area (Å²) in [4.78, 5) is 11.8. The summed E-state index contributed by atoms with van der Waals surface area (Å²) in [7, 11) is 0. The lowest BCUT2D eigenvalue weighted by Gasteiger charge is -2.11. The molecule has 0 heterocycles. The van der Waals surface area contributed by atoms with Crippen LogP contribution in [0.5, 0.6) is 5.75 Å². The minimum absolute atomic E-state index is 0.0197. The average Bonchev–Trinajstić information content (AvgIpc) is 2.35. The van der Waals surface area contributed by atoms with Gasteiger partial charge in [-0.3, -0.25) is 4.79 Å². The Labute approximate surface area is 105 Å². The molecule has 1 aromatic rings. The molecule has 0 fully saturated rings. The minimum atomic E-state index is -0.971. The molecule has 1 rings (SSSR count). The number of aliphatic hydroxyl groups excluding tert-OH is 2. The molecule has 0 aliphatic carbocycles. The first kappa shape index (κ1) is 14.3. The monoisotopic (exact) mass is 254 g/mol. The van der Waals surface area contributed by atoms with Crippen molar-refractivity contribution in [3.63, 3.8) is 0 Å².